The molecule has 4 nitrogen and oxygen atoms in total. The fourth-order valence-electron chi connectivity index (χ4n) is 2.00. The maximum Gasteiger partial charge on any atom is 0.0883 e. The zero-order valence-electron chi connectivity index (χ0n) is 9.80. The lowest BCUT2D eigenvalue weighted by Gasteiger charge is -2.25. The number of allylic oxidation sites excluding steroid dienone is 2. The normalized spacial score (nSPS) is 21.2. The molecule has 4 heteroatoms. The summed E-state index contributed by atoms with van der Waals surface area (Å²) in [5, 5.41) is 9.84. The van der Waals surface area contributed by atoms with Crippen molar-refractivity contribution in [2.45, 2.75) is 6.04 Å². The van der Waals surface area contributed by atoms with E-state index in [1.54, 1.807) is 6.20 Å². The number of dihydropyridines is 1. The van der Waals surface area contributed by atoms with Gasteiger partial charge in [-0.05, 0) is 24.4 Å². The smallest absolute Gasteiger partial charge is 0.0883 e. The molecule has 0 saturated carbocycles. The van der Waals surface area contributed by atoms with Crippen molar-refractivity contribution < 1.29 is 0 Å². The van der Waals surface area contributed by atoms with Crippen LogP contribution in [0, 0.1) is 0 Å². The molecule has 3 rings (SSSR count). The molecular formula is C14H14N4. The van der Waals surface area contributed by atoms with Crippen LogP contribution in [-0.4, -0.2) is 11.0 Å². The molecule has 0 bridgehead atoms. The number of hydrogen-bond donors (Lipinski definition) is 3. The largest absolute Gasteiger partial charge is 0.379 e. The summed E-state index contributed by atoms with van der Waals surface area (Å²) >= 11 is 0. The average Bonchev–Trinajstić information content (AvgIpc) is 2.49. The fraction of sp³-hybridized carbons (Fsp3) is 0.0714. The van der Waals surface area contributed by atoms with Crippen LogP contribution in [0.4, 0.5) is 0 Å². The predicted octanol–water partition coefficient (Wildman–Crippen LogP) is 1.46. The molecule has 0 radical (unpaired) electrons. The number of nitrogens with zero attached hydrogens (tertiary/aromatic N) is 1. The van der Waals surface area contributed by atoms with Crippen molar-refractivity contribution in [1.29, 1.82) is 0 Å². The fourth-order valence-corrected chi connectivity index (χ4v) is 2.00. The van der Waals surface area contributed by atoms with Gasteiger partial charge in [-0.1, -0.05) is 18.2 Å². The third-order valence-electron chi connectivity index (χ3n) is 2.84. The van der Waals surface area contributed by atoms with E-state index in [1.165, 1.54) is 0 Å². The molecule has 3 N–H and O–H groups in total. The molecule has 18 heavy (non-hydrogen) atoms. The molecule has 0 aliphatic carbocycles. The number of hydrogen-bond acceptors (Lipinski definition) is 4. The Morgan fingerprint density at radius 1 is 1.00 bits per heavy atom. The summed E-state index contributed by atoms with van der Waals surface area (Å²) in [6, 6.07) is 6.02. The predicted molar refractivity (Wildman–Crippen MR) is 71.8 cm³/mol. The number of rotatable bonds is 2. The van der Waals surface area contributed by atoms with Crippen LogP contribution in [0.25, 0.3) is 5.70 Å². The first-order valence-corrected chi connectivity index (χ1v) is 5.88. The summed E-state index contributed by atoms with van der Waals surface area (Å²) in [6.07, 6.45) is 13.6. The van der Waals surface area contributed by atoms with Crippen LogP contribution in [0.15, 0.2) is 66.9 Å². The molecule has 2 aliphatic rings. The number of pyridine rings is 1. The Labute approximate surface area is 106 Å². The van der Waals surface area contributed by atoms with Gasteiger partial charge in [-0.3, -0.25) is 4.98 Å². The summed E-state index contributed by atoms with van der Waals surface area (Å²) in [4.78, 5) is 4.38. The lowest BCUT2D eigenvalue weighted by molar-refractivity contribution is 0.728. The highest BCUT2D eigenvalue weighted by Gasteiger charge is 2.18. The van der Waals surface area contributed by atoms with Gasteiger partial charge < -0.3 is 16.0 Å². The van der Waals surface area contributed by atoms with E-state index < -0.39 is 0 Å². The van der Waals surface area contributed by atoms with E-state index in [4.69, 9.17) is 0 Å². The molecule has 1 atom stereocenters. The second-order valence-corrected chi connectivity index (χ2v) is 4.01. The quantitative estimate of drug-likeness (QED) is 0.730. The SMILES string of the molecule is C1=CNC(C2=C(c3ccccn3)NC=CN2)C=C1. The monoisotopic (exact) mass is 238 g/mol. The summed E-state index contributed by atoms with van der Waals surface area (Å²) in [7, 11) is 0. The van der Waals surface area contributed by atoms with Crippen molar-refractivity contribution in [2.24, 2.45) is 0 Å². The van der Waals surface area contributed by atoms with Crippen molar-refractivity contribution in [3.8, 4) is 0 Å². The van der Waals surface area contributed by atoms with E-state index in [2.05, 4.69) is 27.0 Å². The molecule has 0 spiro atoms. The zero-order valence-corrected chi connectivity index (χ0v) is 9.80. The highest BCUT2D eigenvalue weighted by Crippen LogP contribution is 2.18. The van der Waals surface area contributed by atoms with Gasteiger partial charge in [0.25, 0.3) is 0 Å². The lowest BCUT2D eigenvalue weighted by Crippen LogP contribution is -2.36. The molecule has 90 valence electrons. The molecule has 1 aromatic heterocycles. The van der Waals surface area contributed by atoms with Gasteiger partial charge in [0.05, 0.1) is 23.1 Å². The third kappa shape index (κ3) is 2.00. The summed E-state index contributed by atoms with van der Waals surface area (Å²) < 4.78 is 0. The Hall–Kier alpha value is -2.49. The maximum atomic E-state index is 4.38. The Morgan fingerprint density at radius 2 is 1.94 bits per heavy atom. The van der Waals surface area contributed by atoms with E-state index in [0.717, 1.165) is 17.1 Å². The molecule has 2 aliphatic heterocycles. The topological polar surface area (TPSA) is 49.0 Å². The minimum atomic E-state index is 0.129. The second kappa shape index (κ2) is 4.79. The van der Waals surface area contributed by atoms with Crippen molar-refractivity contribution in [1.82, 2.24) is 20.9 Å². The van der Waals surface area contributed by atoms with Gasteiger partial charge in [-0.2, -0.15) is 0 Å². The molecule has 0 fully saturated rings. The molecule has 0 saturated heterocycles. The van der Waals surface area contributed by atoms with Crippen molar-refractivity contribution in [2.75, 3.05) is 0 Å². The summed E-state index contributed by atoms with van der Waals surface area (Å²) in [5.41, 5.74) is 2.99. The average molecular weight is 238 g/mol. The van der Waals surface area contributed by atoms with Gasteiger partial charge >= 0.3 is 0 Å². The van der Waals surface area contributed by atoms with Crippen LogP contribution in [0.2, 0.25) is 0 Å². The summed E-state index contributed by atoms with van der Waals surface area (Å²) in [6.45, 7) is 0. The Balaban J connectivity index is 1.99. The second-order valence-electron chi connectivity index (χ2n) is 4.01. The Morgan fingerprint density at radius 3 is 2.72 bits per heavy atom. The van der Waals surface area contributed by atoms with Crippen LogP contribution in [0.3, 0.4) is 0 Å². The highest BCUT2D eigenvalue weighted by molar-refractivity contribution is 5.67. The van der Waals surface area contributed by atoms with E-state index in [0.29, 0.717) is 0 Å². The van der Waals surface area contributed by atoms with E-state index in [1.807, 2.05) is 49.0 Å². The summed E-state index contributed by atoms with van der Waals surface area (Å²) in [5.74, 6) is 0. The molecule has 1 unspecified atom stereocenters. The van der Waals surface area contributed by atoms with Gasteiger partial charge in [-0.15, -0.1) is 0 Å². The van der Waals surface area contributed by atoms with E-state index >= 15 is 0 Å². The van der Waals surface area contributed by atoms with Crippen LogP contribution in [0.5, 0.6) is 0 Å². The van der Waals surface area contributed by atoms with Gasteiger partial charge in [-0.25, -0.2) is 0 Å². The zero-order chi connectivity index (χ0) is 12.2. The maximum absolute atomic E-state index is 4.38. The van der Waals surface area contributed by atoms with Crippen molar-refractivity contribution in [3.63, 3.8) is 0 Å². The molecule has 0 aromatic carbocycles. The van der Waals surface area contributed by atoms with Gasteiger partial charge in [0, 0.05) is 18.6 Å². The molecule has 0 amide bonds. The first-order valence-electron chi connectivity index (χ1n) is 5.88. The molecule has 3 heterocycles. The van der Waals surface area contributed by atoms with Crippen LogP contribution in [0.1, 0.15) is 5.69 Å². The number of nitrogens with one attached hydrogen (secondary N) is 3. The Bertz CT molecular complexity index is 540. The third-order valence-corrected chi connectivity index (χ3v) is 2.84. The number of aromatic nitrogens is 1. The first-order chi connectivity index (χ1) is 8.95. The highest BCUT2D eigenvalue weighted by atomic mass is 15.1. The minimum Gasteiger partial charge on any atom is -0.379 e. The first kappa shape index (κ1) is 10.7. The van der Waals surface area contributed by atoms with Gasteiger partial charge in [0.2, 0.25) is 0 Å². The Kier molecular flexibility index (Phi) is 2.84. The molecule has 1 aromatic rings. The van der Waals surface area contributed by atoms with Crippen LogP contribution >= 0.6 is 0 Å². The van der Waals surface area contributed by atoms with Crippen LogP contribution < -0.4 is 16.0 Å². The standard InChI is InChI=1S/C14H14N4/c1-3-7-15-11(5-1)13-14(18-10-9-17-13)12-6-2-4-8-16-12/h1-11,15,17-18H. The van der Waals surface area contributed by atoms with E-state index in [-0.39, 0.29) is 6.04 Å². The minimum absolute atomic E-state index is 0.129. The van der Waals surface area contributed by atoms with Crippen LogP contribution in [-0.2, 0) is 0 Å². The van der Waals surface area contributed by atoms with Gasteiger partial charge in [0.1, 0.15) is 0 Å². The lowest BCUT2D eigenvalue weighted by atomic mass is 10.1. The van der Waals surface area contributed by atoms with Crippen molar-refractivity contribution >= 4 is 5.70 Å². The molecular weight excluding hydrogens is 224 g/mol. The van der Waals surface area contributed by atoms with Gasteiger partial charge in [0.15, 0.2) is 0 Å². The van der Waals surface area contributed by atoms with E-state index in [9.17, 15) is 0 Å². The van der Waals surface area contributed by atoms with Crippen molar-refractivity contribution in [3.05, 3.63) is 72.6 Å².